The fraction of sp³-hybridized carbons (Fsp3) is 0.222. The van der Waals surface area contributed by atoms with E-state index >= 15 is 0 Å². The lowest BCUT2D eigenvalue weighted by Gasteiger charge is -2.17. The van der Waals surface area contributed by atoms with Crippen molar-refractivity contribution in [2.24, 2.45) is 4.99 Å². The van der Waals surface area contributed by atoms with Gasteiger partial charge in [0.25, 0.3) is 11.8 Å². The molecular formula is C27H24N4O4. The van der Waals surface area contributed by atoms with Crippen LogP contribution in [-0.4, -0.2) is 44.0 Å². The summed E-state index contributed by atoms with van der Waals surface area (Å²) in [7, 11) is 0. The molecule has 0 bridgehead atoms. The van der Waals surface area contributed by atoms with E-state index in [-0.39, 0.29) is 49.6 Å². The molecule has 2 unspecified atom stereocenters. The van der Waals surface area contributed by atoms with Gasteiger partial charge in [0, 0.05) is 6.20 Å². The molecule has 0 radical (unpaired) electrons. The largest absolute Gasteiger partial charge is 0.320 e. The molecule has 0 spiro atoms. The van der Waals surface area contributed by atoms with Gasteiger partial charge in [-0.05, 0) is 23.3 Å². The maximum atomic E-state index is 13.2. The first-order chi connectivity index (χ1) is 17.0. The van der Waals surface area contributed by atoms with E-state index < -0.39 is 12.1 Å². The van der Waals surface area contributed by atoms with Gasteiger partial charge in [-0.1, -0.05) is 66.7 Å². The topological polar surface area (TPSA) is 92.0 Å². The van der Waals surface area contributed by atoms with Gasteiger partial charge in [-0.3, -0.25) is 34.0 Å². The number of amides is 4. The van der Waals surface area contributed by atoms with Gasteiger partial charge >= 0.3 is 0 Å². The number of pyridine rings is 1. The first-order valence-corrected chi connectivity index (χ1v) is 11.5. The summed E-state index contributed by atoms with van der Waals surface area (Å²) in [5, 5.41) is 0. The molecule has 8 nitrogen and oxygen atoms in total. The summed E-state index contributed by atoms with van der Waals surface area (Å²) in [4.78, 5) is 58.5. The third-order valence-electron chi connectivity index (χ3n) is 6.30. The van der Waals surface area contributed by atoms with Gasteiger partial charge in [-0.2, -0.15) is 0 Å². The molecule has 0 saturated carbocycles. The van der Waals surface area contributed by atoms with Crippen LogP contribution in [-0.2, 0) is 32.3 Å². The lowest BCUT2D eigenvalue weighted by molar-refractivity contribution is -0.141. The third kappa shape index (κ3) is 4.55. The predicted molar refractivity (Wildman–Crippen MR) is 126 cm³/mol. The molecule has 8 heteroatoms. The molecule has 2 fully saturated rings. The molecule has 5 rings (SSSR count). The summed E-state index contributed by atoms with van der Waals surface area (Å²) in [6.07, 6.45) is 1.67. The van der Waals surface area contributed by atoms with Crippen molar-refractivity contribution in [2.45, 2.75) is 38.0 Å². The Bertz CT molecular complexity index is 1350. The summed E-state index contributed by atoms with van der Waals surface area (Å²) in [6, 6.07) is 22.2. The monoisotopic (exact) mass is 468 g/mol. The first kappa shape index (κ1) is 22.5. The second-order valence-corrected chi connectivity index (χ2v) is 8.64. The summed E-state index contributed by atoms with van der Waals surface area (Å²) in [5.74, 6) is -1.22. The smallest absolute Gasteiger partial charge is 0.254 e. The van der Waals surface area contributed by atoms with Crippen LogP contribution >= 0.6 is 0 Å². The highest BCUT2D eigenvalue weighted by molar-refractivity contribution is 6.06. The highest BCUT2D eigenvalue weighted by Crippen LogP contribution is 2.25. The predicted octanol–water partition coefficient (Wildman–Crippen LogP) is 2.22. The summed E-state index contributed by atoms with van der Waals surface area (Å²) >= 11 is 0. The average Bonchev–Trinajstić information content (AvgIpc) is 3.30. The molecule has 2 aromatic carbocycles. The Labute approximate surface area is 202 Å². The zero-order valence-corrected chi connectivity index (χ0v) is 19.0. The fourth-order valence-corrected chi connectivity index (χ4v) is 4.49. The van der Waals surface area contributed by atoms with Crippen molar-refractivity contribution in [3.05, 3.63) is 102 Å². The standard InChI is InChI=1S/C27H24N4O4/c32-24-15-21(26(34)30(24)17-19-9-3-1-4-10-19)28-23-13-7-8-14-29(23)22-16-25(33)31(27(22)35)18-20-11-5-2-6-12-20/h1-14,21-22H,15-18H2. The molecular weight excluding hydrogens is 444 g/mol. The van der Waals surface area contributed by atoms with Crippen molar-refractivity contribution in [1.29, 1.82) is 0 Å². The Balaban J connectivity index is 1.39. The third-order valence-corrected chi connectivity index (χ3v) is 6.30. The molecule has 35 heavy (non-hydrogen) atoms. The van der Waals surface area contributed by atoms with Crippen molar-refractivity contribution in [1.82, 2.24) is 14.4 Å². The number of rotatable bonds is 6. The molecule has 2 atom stereocenters. The van der Waals surface area contributed by atoms with E-state index in [9.17, 15) is 19.2 Å². The number of likely N-dealkylation sites (tertiary alicyclic amines) is 2. The van der Waals surface area contributed by atoms with E-state index in [2.05, 4.69) is 4.99 Å². The van der Waals surface area contributed by atoms with Crippen molar-refractivity contribution < 1.29 is 19.2 Å². The van der Waals surface area contributed by atoms with Crippen molar-refractivity contribution >= 4 is 23.6 Å². The van der Waals surface area contributed by atoms with E-state index in [1.165, 1.54) is 9.80 Å². The molecule has 2 aliphatic heterocycles. The van der Waals surface area contributed by atoms with Crippen LogP contribution in [0.15, 0.2) is 90.1 Å². The summed E-state index contributed by atoms with van der Waals surface area (Å²) < 4.78 is 1.63. The number of carbonyl (C=O) groups is 4. The minimum absolute atomic E-state index is 0.0144. The zero-order valence-electron chi connectivity index (χ0n) is 19.0. The van der Waals surface area contributed by atoms with E-state index in [0.29, 0.717) is 5.49 Å². The van der Waals surface area contributed by atoms with Crippen LogP contribution in [0.3, 0.4) is 0 Å². The molecule has 2 aliphatic rings. The average molecular weight is 469 g/mol. The van der Waals surface area contributed by atoms with Gasteiger partial charge in [0.05, 0.1) is 25.9 Å². The number of hydrogen-bond acceptors (Lipinski definition) is 5. The second-order valence-electron chi connectivity index (χ2n) is 8.64. The Morgan fingerprint density at radius 2 is 1.20 bits per heavy atom. The van der Waals surface area contributed by atoms with Gasteiger partial charge in [0.1, 0.15) is 17.6 Å². The van der Waals surface area contributed by atoms with Gasteiger partial charge in [0.2, 0.25) is 11.8 Å². The van der Waals surface area contributed by atoms with E-state index in [0.717, 1.165) is 11.1 Å². The number of imide groups is 2. The fourth-order valence-electron chi connectivity index (χ4n) is 4.49. The van der Waals surface area contributed by atoms with Crippen LogP contribution in [0.4, 0.5) is 0 Å². The lowest BCUT2D eigenvalue weighted by Crippen LogP contribution is -2.35. The minimum atomic E-state index is -0.868. The summed E-state index contributed by atoms with van der Waals surface area (Å²) in [6.45, 7) is 0.405. The SMILES string of the molecule is O=C1CC(N=c2ccccn2C2CC(=O)N(Cc3ccccc3)C2=O)C(=O)N1Cc1ccccc1. The maximum Gasteiger partial charge on any atom is 0.254 e. The zero-order chi connectivity index (χ0) is 24.4. The highest BCUT2D eigenvalue weighted by atomic mass is 16.2. The quantitative estimate of drug-likeness (QED) is 0.519. The maximum absolute atomic E-state index is 13.2. The van der Waals surface area contributed by atoms with E-state index in [4.69, 9.17) is 0 Å². The highest BCUT2D eigenvalue weighted by Gasteiger charge is 2.41. The first-order valence-electron chi connectivity index (χ1n) is 11.5. The summed E-state index contributed by atoms with van der Waals surface area (Å²) in [5.41, 5.74) is 2.11. The Hall–Kier alpha value is -4.33. The molecule has 2 saturated heterocycles. The molecule has 3 heterocycles. The molecule has 3 aromatic rings. The number of nitrogens with zero attached hydrogens (tertiary/aromatic N) is 4. The van der Waals surface area contributed by atoms with Crippen molar-refractivity contribution in [3.63, 3.8) is 0 Å². The number of benzene rings is 2. The number of aromatic nitrogens is 1. The lowest BCUT2D eigenvalue weighted by atomic mass is 10.2. The molecule has 176 valence electrons. The van der Waals surface area contributed by atoms with Crippen LogP contribution in [0.1, 0.15) is 30.0 Å². The van der Waals surface area contributed by atoms with Crippen LogP contribution in [0.5, 0.6) is 0 Å². The van der Waals surface area contributed by atoms with Crippen molar-refractivity contribution in [2.75, 3.05) is 0 Å². The Morgan fingerprint density at radius 1 is 0.657 bits per heavy atom. The Kier molecular flexibility index (Phi) is 6.10. The van der Waals surface area contributed by atoms with E-state index in [1.54, 1.807) is 29.0 Å². The van der Waals surface area contributed by atoms with Crippen LogP contribution in [0, 0.1) is 0 Å². The normalized spacial score (nSPS) is 20.9. The van der Waals surface area contributed by atoms with Crippen molar-refractivity contribution in [3.8, 4) is 0 Å². The molecule has 0 N–H and O–H groups in total. The van der Waals surface area contributed by atoms with Crippen LogP contribution in [0.25, 0.3) is 0 Å². The molecule has 0 aliphatic carbocycles. The van der Waals surface area contributed by atoms with Gasteiger partial charge in [0.15, 0.2) is 0 Å². The molecule has 4 amide bonds. The number of carbonyl (C=O) groups excluding carboxylic acids is 4. The van der Waals surface area contributed by atoms with Crippen LogP contribution < -0.4 is 5.49 Å². The number of hydrogen-bond donors (Lipinski definition) is 0. The van der Waals surface area contributed by atoms with Crippen LogP contribution in [0.2, 0.25) is 0 Å². The van der Waals surface area contributed by atoms with Gasteiger partial charge in [-0.15, -0.1) is 0 Å². The van der Waals surface area contributed by atoms with Gasteiger partial charge in [-0.25, -0.2) is 0 Å². The Morgan fingerprint density at radius 3 is 1.83 bits per heavy atom. The van der Waals surface area contributed by atoms with E-state index in [1.807, 2.05) is 60.7 Å². The minimum Gasteiger partial charge on any atom is -0.320 e. The van der Waals surface area contributed by atoms with Gasteiger partial charge < -0.3 is 4.57 Å². The molecule has 1 aromatic heterocycles. The second kappa shape index (κ2) is 9.50.